The van der Waals surface area contributed by atoms with E-state index in [1.54, 1.807) is 7.11 Å². The number of hydrogen-bond donors (Lipinski definition) is 1. The zero-order chi connectivity index (χ0) is 27.9. The molecule has 0 radical (unpaired) electrons. The first-order valence-electron chi connectivity index (χ1n) is 13.7. The number of methoxy groups -OCH3 is 1. The van der Waals surface area contributed by atoms with E-state index in [0.29, 0.717) is 12.4 Å². The third-order valence-corrected chi connectivity index (χ3v) is 8.04. The molecule has 204 valence electrons. The summed E-state index contributed by atoms with van der Waals surface area (Å²) in [6.07, 6.45) is 3.97. The van der Waals surface area contributed by atoms with Crippen molar-refractivity contribution >= 4 is 23.4 Å². The van der Waals surface area contributed by atoms with Crippen LogP contribution in [0.1, 0.15) is 47.6 Å². The molecule has 40 heavy (non-hydrogen) atoms. The monoisotopic (exact) mass is 535 g/mol. The summed E-state index contributed by atoms with van der Waals surface area (Å²) in [6, 6.07) is 23.6. The second-order valence-electron chi connectivity index (χ2n) is 11.1. The molecule has 0 saturated heterocycles. The molecule has 2 aliphatic carbocycles. The summed E-state index contributed by atoms with van der Waals surface area (Å²) in [5.41, 5.74) is 6.04. The van der Waals surface area contributed by atoms with Gasteiger partial charge in [-0.25, -0.2) is 5.01 Å². The van der Waals surface area contributed by atoms with Crippen molar-refractivity contribution in [3.8, 4) is 0 Å². The van der Waals surface area contributed by atoms with Crippen LogP contribution in [0.15, 0.2) is 89.7 Å². The number of ether oxygens (including phenoxy) is 2. The first kappa shape index (κ1) is 25.9. The predicted molar refractivity (Wildman–Crippen MR) is 154 cm³/mol. The Labute approximate surface area is 234 Å². The molecule has 6 rings (SSSR count). The van der Waals surface area contributed by atoms with Crippen LogP contribution in [0.25, 0.3) is 0 Å². The average molecular weight is 536 g/mol. The average Bonchev–Trinajstić information content (AvgIpc) is 3.49. The van der Waals surface area contributed by atoms with Gasteiger partial charge in [-0.15, -0.1) is 5.10 Å². The van der Waals surface area contributed by atoms with Gasteiger partial charge >= 0.3 is 0 Å². The van der Waals surface area contributed by atoms with Crippen molar-refractivity contribution in [1.29, 1.82) is 0 Å². The highest BCUT2D eigenvalue weighted by Gasteiger charge is 2.50. The van der Waals surface area contributed by atoms with Crippen LogP contribution in [-0.2, 0) is 38.4 Å². The molecule has 1 heterocycles. The fourth-order valence-corrected chi connectivity index (χ4v) is 5.89. The van der Waals surface area contributed by atoms with Crippen LogP contribution in [0.2, 0.25) is 0 Å². The Morgan fingerprint density at radius 3 is 2.52 bits per heavy atom. The zero-order valence-corrected chi connectivity index (χ0v) is 23.0. The third kappa shape index (κ3) is 4.88. The summed E-state index contributed by atoms with van der Waals surface area (Å²) >= 11 is 0. The molecule has 1 N–H and O–H groups in total. The van der Waals surface area contributed by atoms with Crippen LogP contribution in [-0.4, -0.2) is 36.4 Å². The standard InChI is InChI=1S/C33H33N3O4/c1-21(2)30(31(38)34-27-11-7-10-25-16-33(17-26(25)27)18-28(33)39-3)23-14-12-22(13-15-23)19-36-29(37)20-40-32(35-36)24-8-5-4-6-9-24/h4-15,18,21,30H,16-17,19-20H2,1-3H3,(H,34,38). The van der Waals surface area contributed by atoms with E-state index in [1.165, 1.54) is 16.1 Å². The quantitative estimate of drug-likeness (QED) is 0.418. The maximum Gasteiger partial charge on any atom is 0.281 e. The van der Waals surface area contributed by atoms with Gasteiger partial charge in [-0.2, -0.15) is 0 Å². The molecule has 1 spiro atoms. The highest BCUT2D eigenvalue weighted by Crippen LogP contribution is 2.55. The summed E-state index contributed by atoms with van der Waals surface area (Å²) in [4.78, 5) is 26.1. The summed E-state index contributed by atoms with van der Waals surface area (Å²) < 4.78 is 11.1. The van der Waals surface area contributed by atoms with Crippen molar-refractivity contribution in [3.05, 3.63) is 112 Å². The molecular weight excluding hydrogens is 502 g/mol. The molecule has 7 nitrogen and oxygen atoms in total. The number of allylic oxidation sites excluding steroid dienone is 2. The lowest BCUT2D eigenvalue weighted by Gasteiger charge is -2.25. The van der Waals surface area contributed by atoms with Gasteiger partial charge in [0.25, 0.3) is 5.91 Å². The van der Waals surface area contributed by atoms with Gasteiger partial charge in [-0.05, 0) is 65.3 Å². The lowest BCUT2D eigenvalue weighted by Crippen LogP contribution is -2.36. The normalized spacial score (nSPS) is 20.0. The Kier molecular flexibility index (Phi) is 6.66. The summed E-state index contributed by atoms with van der Waals surface area (Å²) in [6.45, 7) is 4.41. The Morgan fingerprint density at radius 1 is 1.05 bits per heavy atom. The minimum atomic E-state index is -0.318. The zero-order valence-electron chi connectivity index (χ0n) is 23.0. The molecule has 2 amide bonds. The molecule has 1 aliphatic heterocycles. The number of anilines is 1. The van der Waals surface area contributed by atoms with E-state index >= 15 is 0 Å². The highest BCUT2D eigenvalue weighted by atomic mass is 16.5. The molecular formula is C33H33N3O4. The lowest BCUT2D eigenvalue weighted by atomic mass is 9.87. The second-order valence-corrected chi connectivity index (χ2v) is 11.1. The molecule has 0 saturated carbocycles. The van der Waals surface area contributed by atoms with Gasteiger partial charge in [0, 0.05) is 11.3 Å². The van der Waals surface area contributed by atoms with Crippen LogP contribution >= 0.6 is 0 Å². The first-order valence-corrected chi connectivity index (χ1v) is 13.7. The van der Waals surface area contributed by atoms with Gasteiger partial charge in [-0.1, -0.05) is 68.4 Å². The van der Waals surface area contributed by atoms with Crippen LogP contribution < -0.4 is 5.32 Å². The van der Waals surface area contributed by atoms with Crippen molar-refractivity contribution in [2.24, 2.45) is 16.4 Å². The third-order valence-electron chi connectivity index (χ3n) is 8.04. The number of nitrogens with one attached hydrogen (secondary N) is 1. The SMILES string of the molecule is COC1=CC12Cc1cccc(NC(=O)C(c3ccc(CN4N=C(c5ccccc5)OCC4=O)cc3)C(C)C)c1C2. The summed E-state index contributed by atoms with van der Waals surface area (Å²) in [5.74, 6) is 1.04. The topological polar surface area (TPSA) is 80.2 Å². The van der Waals surface area contributed by atoms with Gasteiger partial charge in [0.2, 0.25) is 11.8 Å². The van der Waals surface area contributed by atoms with Gasteiger partial charge in [0.05, 0.1) is 25.0 Å². The highest BCUT2D eigenvalue weighted by molar-refractivity contribution is 5.98. The number of hydrazone groups is 1. The van der Waals surface area contributed by atoms with Gasteiger partial charge < -0.3 is 14.8 Å². The minimum Gasteiger partial charge on any atom is -0.500 e. The maximum atomic E-state index is 13.6. The van der Waals surface area contributed by atoms with E-state index in [4.69, 9.17) is 9.47 Å². The van der Waals surface area contributed by atoms with Crippen molar-refractivity contribution in [3.63, 3.8) is 0 Å². The Hall–Kier alpha value is -4.39. The van der Waals surface area contributed by atoms with Crippen molar-refractivity contribution in [2.75, 3.05) is 19.0 Å². The number of carbonyl (C=O) groups excluding carboxylic acids is 2. The van der Waals surface area contributed by atoms with Gasteiger partial charge in [0.15, 0.2) is 6.61 Å². The van der Waals surface area contributed by atoms with E-state index < -0.39 is 0 Å². The lowest BCUT2D eigenvalue weighted by molar-refractivity contribution is -0.136. The fraction of sp³-hybridized carbons (Fsp3) is 0.303. The number of carbonyl (C=O) groups is 2. The molecule has 3 aliphatic rings. The smallest absolute Gasteiger partial charge is 0.281 e. The maximum absolute atomic E-state index is 13.6. The largest absolute Gasteiger partial charge is 0.500 e. The predicted octanol–water partition coefficient (Wildman–Crippen LogP) is 5.41. The van der Waals surface area contributed by atoms with E-state index in [-0.39, 0.29) is 35.7 Å². The summed E-state index contributed by atoms with van der Waals surface area (Å²) in [5, 5.41) is 9.13. The van der Waals surface area contributed by atoms with Gasteiger partial charge in [0.1, 0.15) is 5.76 Å². The van der Waals surface area contributed by atoms with Crippen molar-refractivity contribution in [1.82, 2.24) is 5.01 Å². The number of nitrogens with zero attached hydrogens (tertiary/aromatic N) is 2. The minimum absolute atomic E-state index is 0.00103. The first-order chi connectivity index (χ1) is 19.4. The molecule has 2 atom stereocenters. The molecule has 3 aromatic rings. The molecule has 2 unspecified atom stereocenters. The van der Waals surface area contributed by atoms with E-state index in [0.717, 1.165) is 41.0 Å². The molecule has 0 fully saturated rings. The van der Waals surface area contributed by atoms with Crippen LogP contribution in [0.5, 0.6) is 0 Å². The molecule has 3 aromatic carbocycles. The Bertz CT molecular complexity index is 1510. The fourth-order valence-electron chi connectivity index (χ4n) is 5.89. The Morgan fingerprint density at radius 2 is 1.82 bits per heavy atom. The Balaban J connectivity index is 1.16. The van der Waals surface area contributed by atoms with E-state index in [9.17, 15) is 9.59 Å². The van der Waals surface area contributed by atoms with Gasteiger partial charge in [-0.3, -0.25) is 9.59 Å². The van der Waals surface area contributed by atoms with E-state index in [2.05, 4.69) is 36.4 Å². The number of benzene rings is 3. The summed E-state index contributed by atoms with van der Waals surface area (Å²) in [7, 11) is 1.72. The van der Waals surface area contributed by atoms with Crippen molar-refractivity contribution < 1.29 is 19.1 Å². The molecule has 0 bridgehead atoms. The van der Waals surface area contributed by atoms with Crippen LogP contribution in [0, 0.1) is 11.3 Å². The number of rotatable bonds is 8. The van der Waals surface area contributed by atoms with Crippen LogP contribution in [0.3, 0.4) is 0 Å². The number of fused-ring (bicyclic) bond motifs is 1. The second kappa shape index (κ2) is 10.3. The molecule has 0 aromatic heterocycles. The van der Waals surface area contributed by atoms with Crippen molar-refractivity contribution in [2.45, 2.75) is 39.2 Å². The number of amides is 2. The number of hydrogen-bond acceptors (Lipinski definition) is 5. The van der Waals surface area contributed by atoms with Crippen LogP contribution in [0.4, 0.5) is 5.69 Å². The molecule has 7 heteroatoms. The van der Waals surface area contributed by atoms with E-state index in [1.807, 2.05) is 66.7 Å².